The highest BCUT2D eigenvalue weighted by atomic mass is 32.2. The predicted molar refractivity (Wildman–Crippen MR) is 73.5 cm³/mol. The van der Waals surface area contributed by atoms with E-state index >= 15 is 0 Å². The van der Waals surface area contributed by atoms with Crippen LogP contribution in [0.3, 0.4) is 0 Å². The molecular weight excluding hydrogens is 228 g/mol. The van der Waals surface area contributed by atoms with Gasteiger partial charge in [-0.3, -0.25) is 5.41 Å². The fraction of sp³-hybridized carbons (Fsp3) is 0.0714. The van der Waals surface area contributed by atoms with Gasteiger partial charge in [-0.25, -0.2) is 0 Å². The fourth-order valence-electron chi connectivity index (χ4n) is 1.51. The summed E-state index contributed by atoms with van der Waals surface area (Å²) in [6, 6.07) is 18.1. The molecule has 2 aromatic carbocycles. The molecule has 0 spiro atoms. The molecular formula is C14H14N2S. The van der Waals surface area contributed by atoms with Crippen LogP contribution in [0, 0.1) is 5.41 Å². The summed E-state index contributed by atoms with van der Waals surface area (Å²) in [5.74, 6) is 1.02. The minimum Gasteiger partial charge on any atom is -0.384 e. The first kappa shape index (κ1) is 11.7. The van der Waals surface area contributed by atoms with Crippen molar-refractivity contribution in [3.05, 3.63) is 65.7 Å². The number of hydrogen-bond acceptors (Lipinski definition) is 2. The van der Waals surface area contributed by atoms with E-state index in [1.807, 2.05) is 36.4 Å². The maximum atomic E-state index is 7.40. The average Bonchev–Trinajstić information content (AvgIpc) is 2.38. The predicted octanol–water partition coefficient (Wildman–Crippen LogP) is 3.26. The van der Waals surface area contributed by atoms with Crippen LogP contribution in [-0.4, -0.2) is 5.84 Å². The second kappa shape index (κ2) is 5.55. The normalized spacial score (nSPS) is 10.1. The third-order valence-corrected chi connectivity index (χ3v) is 3.47. The zero-order valence-electron chi connectivity index (χ0n) is 9.39. The quantitative estimate of drug-likeness (QED) is 0.491. The van der Waals surface area contributed by atoms with Gasteiger partial charge in [0, 0.05) is 16.2 Å². The van der Waals surface area contributed by atoms with Crippen LogP contribution in [0.25, 0.3) is 0 Å². The van der Waals surface area contributed by atoms with Gasteiger partial charge in [0.25, 0.3) is 0 Å². The maximum absolute atomic E-state index is 7.40. The SMILES string of the molecule is N=C(N)c1cccc(CSc2ccccc2)c1. The zero-order chi connectivity index (χ0) is 12.1. The summed E-state index contributed by atoms with van der Waals surface area (Å²) in [7, 11) is 0. The summed E-state index contributed by atoms with van der Waals surface area (Å²) in [4.78, 5) is 1.25. The average molecular weight is 242 g/mol. The molecule has 0 amide bonds. The molecule has 0 fully saturated rings. The monoisotopic (exact) mass is 242 g/mol. The van der Waals surface area contributed by atoms with E-state index in [-0.39, 0.29) is 5.84 Å². The van der Waals surface area contributed by atoms with Crippen molar-refractivity contribution < 1.29 is 0 Å². The van der Waals surface area contributed by atoms with E-state index in [0.717, 1.165) is 11.3 Å². The van der Waals surface area contributed by atoms with Crippen molar-refractivity contribution in [1.29, 1.82) is 5.41 Å². The summed E-state index contributed by atoms with van der Waals surface area (Å²) in [6.45, 7) is 0. The summed E-state index contributed by atoms with van der Waals surface area (Å²) in [5.41, 5.74) is 7.44. The number of nitrogens with two attached hydrogens (primary N) is 1. The molecule has 0 aliphatic heterocycles. The van der Waals surface area contributed by atoms with E-state index < -0.39 is 0 Å². The van der Waals surface area contributed by atoms with Crippen LogP contribution < -0.4 is 5.73 Å². The lowest BCUT2D eigenvalue weighted by atomic mass is 10.1. The third-order valence-electron chi connectivity index (χ3n) is 2.39. The van der Waals surface area contributed by atoms with Gasteiger partial charge in [0.15, 0.2) is 0 Å². The van der Waals surface area contributed by atoms with Crippen molar-refractivity contribution in [1.82, 2.24) is 0 Å². The largest absolute Gasteiger partial charge is 0.384 e. The van der Waals surface area contributed by atoms with Crippen molar-refractivity contribution in [2.24, 2.45) is 5.73 Å². The van der Waals surface area contributed by atoms with Crippen LogP contribution >= 0.6 is 11.8 Å². The Bertz CT molecular complexity index is 509. The Morgan fingerprint density at radius 2 is 1.82 bits per heavy atom. The lowest BCUT2D eigenvalue weighted by Crippen LogP contribution is -2.10. The highest BCUT2D eigenvalue weighted by Crippen LogP contribution is 2.22. The van der Waals surface area contributed by atoms with Crippen LogP contribution in [0.5, 0.6) is 0 Å². The van der Waals surface area contributed by atoms with Gasteiger partial charge in [-0.05, 0) is 23.8 Å². The molecule has 0 bridgehead atoms. The van der Waals surface area contributed by atoms with Crippen LogP contribution in [0.15, 0.2) is 59.5 Å². The highest BCUT2D eigenvalue weighted by Gasteiger charge is 1.99. The van der Waals surface area contributed by atoms with Crippen LogP contribution in [0.1, 0.15) is 11.1 Å². The molecule has 0 aromatic heterocycles. The minimum atomic E-state index is 0.122. The molecule has 0 heterocycles. The van der Waals surface area contributed by atoms with Gasteiger partial charge in [-0.15, -0.1) is 11.8 Å². The summed E-state index contributed by atoms with van der Waals surface area (Å²) in [6.07, 6.45) is 0. The van der Waals surface area contributed by atoms with Gasteiger partial charge in [0.2, 0.25) is 0 Å². The Morgan fingerprint density at radius 1 is 1.06 bits per heavy atom. The van der Waals surface area contributed by atoms with Crippen LogP contribution in [0.2, 0.25) is 0 Å². The summed E-state index contributed by atoms with van der Waals surface area (Å²) < 4.78 is 0. The van der Waals surface area contributed by atoms with Crippen LogP contribution in [-0.2, 0) is 5.75 Å². The van der Waals surface area contributed by atoms with Gasteiger partial charge < -0.3 is 5.73 Å². The van der Waals surface area contributed by atoms with E-state index in [2.05, 4.69) is 18.2 Å². The molecule has 0 radical (unpaired) electrons. The molecule has 86 valence electrons. The molecule has 2 nitrogen and oxygen atoms in total. The first-order valence-corrected chi connectivity index (χ1v) is 6.35. The van der Waals surface area contributed by atoms with Crippen molar-refractivity contribution >= 4 is 17.6 Å². The molecule has 0 saturated carbocycles. The molecule has 3 N–H and O–H groups in total. The van der Waals surface area contributed by atoms with Gasteiger partial charge in [-0.1, -0.05) is 36.4 Å². The van der Waals surface area contributed by atoms with Crippen molar-refractivity contribution in [2.45, 2.75) is 10.6 Å². The van der Waals surface area contributed by atoms with Crippen molar-refractivity contribution in [3.8, 4) is 0 Å². The Morgan fingerprint density at radius 3 is 2.53 bits per heavy atom. The molecule has 2 rings (SSSR count). The summed E-state index contributed by atoms with van der Waals surface area (Å²) in [5, 5.41) is 7.40. The fourth-order valence-corrected chi connectivity index (χ4v) is 2.37. The Kier molecular flexibility index (Phi) is 3.83. The van der Waals surface area contributed by atoms with E-state index in [4.69, 9.17) is 11.1 Å². The standard InChI is InChI=1S/C14H14N2S/c15-14(16)12-6-4-5-11(9-12)10-17-13-7-2-1-3-8-13/h1-9H,10H2,(H3,15,16). The van der Waals surface area contributed by atoms with Crippen molar-refractivity contribution in [3.63, 3.8) is 0 Å². The lowest BCUT2D eigenvalue weighted by Gasteiger charge is -2.04. The number of nitrogen functional groups attached to an aromatic ring is 1. The van der Waals surface area contributed by atoms with Gasteiger partial charge in [0.05, 0.1) is 0 Å². The number of amidine groups is 1. The Balaban J connectivity index is 2.04. The highest BCUT2D eigenvalue weighted by molar-refractivity contribution is 7.98. The number of nitrogens with one attached hydrogen (secondary N) is 1. The first-order chi connectivity index (χ1) is 8.25. The maximum Gasteiger partial charge on any atom is 0.122 e. The van der Waals surface area contributed by atoms with E-state index in [9.17, 15) is 0 Å². The van der Waals surface area contributed by atoms with E-state index in [1.165, 1.54) is 10.5 Å². The van der Waals surface area contributed by atoms with Crippen molar-refractivity contribution in [2.75, 3.05) is 0 Å². The molecule has 0 unspecified atom stereocenters. The summed E-state index contributed by atoms with van der Waals surface area (Å²) >= 11 is 1.78. The molecule has 2 aromatic rings. The molecule has 0 saturated heterocycles. The molecule has 3 heteroatoms. The zero-order valence-corrected chi connectivity index (χ0v) is 10.2. The van der Waals surface area contributed by atoms with Gasteiger partial charge in [0.1, 0.15) is 5.84 Å². The number of thioether (sulfide) groups is 1. The van der Waals surface area contributed by atoms with Gasteiger partial charge in [-0.2, -0.15) is 0 Å². The Hall–Kier alpha value is -1.74. The van der Waals surface area contributed by atoms with Crippen LogP contribution in [0.4, 0.5) is 0 Å². The molecule has 17 heavy (non-hydrogen) atoms. The van der Waals surface area contributed by atoms with Gasteiger partial charge >= 0.3 is 0 Å². The smallest absolute Gasteiger partial charge is 0.122 e. The number of hydrogen-bond donors (Lipinski definition) is 2. The van der Waals surface area contributed by atoms with E-state index in [0.29, 0.717) is 0 Å². The van der Waals surface area contributed by atoms with E-state index in [1.54, 1.807) is 11.8 Å². The molecule has 0 aliphatic carbocycles. The topological polar surface area (TPSA) is 49.9 Å². The third kappa shape index (κ3) is 3.36. The minimum absolute atomic E-state index is 0.122. The number of rotatable bonds is 4. The second-order valence-corrected chi connectivity index (χ2v) is 4.76. The number of benzene rings is 2. The Labute approximate surface area is 105 Å². The second-order valence-electron chi connectivity index (χ2n) is 3.72. The molecule has 0 atom stereocenters. The molecule has 0 aliphatic rings. The first-order valence-electron chi connectivity index (χ1n) is 5.37. The lowest BCUT2D eigenvalue weighted by molar-refractivity contribution is 1.35.